The summed E-state index contributed by atoms with van der Waals surface area (Å²) in [5, 5.41) is 2.82. The zero-order valence-electron chi connectivity index (χ0n) is 13.0. The average molecular weight is 360 g/mol. The Balaban J connectivity index is 1.69. The number of sulfonamides is 1. The third-order valence-corrected chi connectivity index (χ3v) is 4.91. The Kier molecular flexibility index (Phi) is 4.98. The van der Waals surface area contributed by atoms with Crippen molar-refractivity contribution < 1.29 is 8.42 Å². The molecule has 3 rings (SSSR count). The molecule has 0 aliphatic carbocycles. The van der Waals surface area contributed by atoms with Gasteiger partial charge in [0.1, 0.15) is 10.7 Å². The number of hydrogen-bond acceptors (Lipinski definition) is 6. The normalized spacial score (nSPS) is 11.5. The SMILES string of the molecule is CS(=O)(=O)NCCc1ccc(-c2csc(-c3cnccn3)n2)cc1. The van der Waals surface area contributed by atoms with Gasteiger partial charge in [-0.25, -0.2) is 18.1 Å². The monoisotopic (exact) mass is 360 g/mol. The predicted octanol–water partition coefficient (Wildman–Crippen LogP) is 2.36. The van der Waals surface area contributed by atoms with Crippen LogP contribution in [-0.2, 0) is 16.4 Å². The number of nitrogens with zero attached hydrogens (tertiary/aromatic N) is 3. The van der Waals surface area contributed by atoms with Crippen LogP contribution < -0.4 is 4.72 Å². The lowest BCUT2D eigenvalue weighted by molar-refractivity contribution is 0.588. The van der Waals surface area contributed by atoms with E-state index >= 15 is 0 Å². The quantitative estimate of drug-likeness (QED) is 0.729. The summed E-state index contributed by atoms with van der Waals surface area (Å²) in [5.74, 6) is 0. The second-order valence-corrected chi connectivity index (χ2v) is 7.93. The summed E-state index contributed by atoms with van der Waals surface area (Å²) in [5.41, 5.74) is 3.74. The van der Waals surface area contributed by atoms with E-state index in [-0.39, 0.29) is 0 Å². The summed E-state index contributed by atoms with van der Waals surface area (Å²) >= 11 is 1.53. The number of hydrogen-bond donors (Lipinski definition) is 1. The molecule has 0 atom stereocenters. The van der Waals surface area contributed by atoms with E-state index in [1.54, 1.807) is 18.6 Å². The molecule has 124 valence electrons. The maximum atomic E-state index is 11.1. The number of aromatic nitrogens is 3. The van der Waals surface area contributed by atoms with Gasteiger partial charge in [0.25, 0.3) is 0 Å². The molecule has 0 aliphatic heterocycles. The van der Waals surface area contributed by atoms with Gasteiger partial charge in [-0.2, -0.15) is 0 Å². The first-order valence-corrected chi connectivity index (χ1v) is 10.0. The molecule has 6 nitrogen and oxygen atoms in total. The first kappa shape index (κ1) is 16.7. The molecule has 0 saturated carbocycles. The Hall–Kier alpha value is -2.16. The summed E-state index contributed by atoms with van der Waals surface area (Å²) < 4.78 is 24.6. The van der Waals surface area contributed by atoms with Crippen LogP contribution in [0.1, 0.15) is 5.56 Å². The fraction of sp³-hybridized carbons (Fsp3) is 0.188. The summed E-state index contributed by atoms with van der Waals surface area (Å²) in [7, 11) is -3.14. The smallest absolute Gasteiger partial charge is 0.208 e. The van der Waals surface area contributed by atoms with E-state index in [2.05, 4.69) is 19.7 Å². The van der Waals surface area contributed by atoms with Crippen LogP contribution >= 0.6 is 11.3 Å². The van der Waals surface area contributed by atoms with Crippen LogP contribution in [-0.4, -0.2) is 36.2 Å². The van der Waals surface area contributed by atoms with E-state index in [1.165, 1.54) is 11.3 Å². The molecule has 1 aromatic carbocycles. The number of thiazole rings is 1. The second-order valence-electron chi connectivity index (χ2n) is 5.24. The third-order valence-electron chi connectivity index (χ3n) is 3.31. The maximum absolute atomic E-state index is 11.1. The molecular formula is C16H16N4O2S2. The molecule has 1 N–H and O–H groups in total. The topological polar surface area (TPSA) is 84.8 Å². The molecule has 0 aliphatic rings. The van der Waals surface area contributed by atoms with E-state index < -0.39 is 10.0 Å². The van der Waals surface area contributed by atoms with Gasteiger partial charge in [-0.1, -0.05) is 24.3 Å². The summed E-state index contributed by atoms with van der Waals surface area (Å²) in [6, 6.07) is 7.96. The lowest BCUT2D eigenvalue weighted by Crippen LogP contribution is -2.24. The largest absolute Gasteiger partial charge is 0.261 e. The van der Waals surface area contributed by atoms with Crippen molar-refractivity contribution in [2.24, 2.45) is 0 Å². The molecule has 8 heteroatoms. The van der Waals surface area contributed by atoms with E-state index in [0.717, 1.165) is 33.8 Å². The van der Waals surface area contributed by atoms with Gasteiger partial charge in [-0.15, -0.1) is 11.3 Å². The van der Waals surface area contributed by atoms with Crippen molar-refractivity contribution >= 4 is 21.4 Å². The van der Waals surface area contributed by atoms with Gasteiger partial charge >= 0.3 is 0 Å². The van der Waals surface area contributed by atoms with Crippen molar-refractivity contribution in [2.45, 2.75) is 6.42 Å². The van der Waals surface area contributed by atoms with Crippen LogP contribution in [0.4, 0.5) is 0 Å². The van der Waals surface area contributed by atoms with Gasteiger partial charge in [0, 0.05) is 29.9 Å². The van der Waals surface area contributed by atoms with Gasteiger partial charge in [0.15, 0.2) is 0 Å². The van der Waals surface area contributed by atoms with Crippen molar-refractivity contribution in [1.82, 2.24) is 19.7 Å². The molecule has 0 amide bonds. The molecule has 0 saturated heterocycles. The summed E-state index contributed by atoms with van der Waals surface area (Å²) in [4.78, 5) is 12.9. The molecule has 24 heavy (non-hydrogen) atoms. The van der Waals surface area contributed by atoms with Crippen molar-refractivity contribution in [3.8, 4) is 22.0 Å². The lowest BCUT2D eigenvalue weighted by atomic mass is 10.1. The Labute approximate surface area is 144 Å². The van der Waals surface area contributed by atoms with Crippen LogP contribution in [0.5, 0.6) is 0 Å². The van der Waals surface area contributed by atoms with Gasteiger partial charge in [-0.05, 0) is 12.0 Å². The molecule has 0 bridgehead atoms. The fourth-order valence-electron chi connectivity index (χ4n) is 2.16. The Morgan fingerprint density at radius 2 is 1.92 bits per heavy atom. The first-order valence-electron chi connectivity index (χ1n) is 7.27. The highest BCUT2D eigenvalue weighted by Crippen LogP contribution is 2.27. The van der Waals surface area contributed by atoms with E-state index in [1.807, 2.05) is 29.6 Å². The van der Waals surface area contributed by atoms with Crippen LogP contribution in [0.25, 0.3) is 22.0 Å². The minimum absolute atomic E-state index is 0.395. The van der Waals surface area contributed by atoms with Crippen molar-refractivity contribution in [3.05, 3.63) is 53.8 Å². The van der Waals surface area contributed by atoms with Gasteiger partial charge < -0.3 is 0 Å². The molecule has 0 radical (unpaired) electrons. The van der Waals surface area contributed by atoms with Gasteiger partial charge in [0.05, 0.1) is 18.1 Å². The minimum Gasteiger partial charge on any atom is -0.261 e. The van der Waals surface area contributed by atoms with E-state index in [9.17, 15) is 8.42 Å². The zero-order chi connectivity index (χ0) is 17.0. The van der Waals surface area contributed by atoms with Crippen molar-refractivity contribution in [1.29, 1.82) is 0 Å². The molecule has 2 aromatic heterocycles. The van der Waals surface area contributed by atoms with Crippen LogP contribution in [0.15, 0.2) is 48.2 Å². The van der Waals surface area contributed by atoms with E-state index in [0.29, 0.717) is 13.0 Å². The Bertz CT molecular complexity index is 907. The zero-order valence-corrected chi connectivity index (χ0v) is 14.6. The molecule has 0 unspecified atom stereocenters. The molecule has 3 aromatic rings. The first-order chi connectivity index (χ1) is 11.5. The number of rotatable bonds is 6. The minimum atomic E-state index is -3.14. The summed E-state index contributed by atoms with van der Waals surface area (Å²) in [6.07, 6.45) is 6.79. The van der Waals surface area contributed by atoms with Gasteiger partial charge in [-0.3, -0.25) is 9.97 Å². The fourth-order valence-corrected chi connectivity index (χ4v) is 3.42. The lowest BCUT2D eigenvalue weighted by Gasteiger charge is -2.04. The standard InChI is InChI=1S/C16H16N4O2S2/c1-24(21,22)19-7-6-12-2-4-13(5-3-12)15-11-23-16(20-15)14-10-17-8-9-18-14/h2-5,8-11,19H,6-7H2,1H3. The van der Waals surface area contributed by atoms with Crippen LogP contribution in [0.2, 0.25) is 0 Å². The Morgan fingerprint density at radius 3 is 2.58 bits per heavy atom. The average Bonchev–Trinajstić information content (AvgIpc) is 3.05. The highest BCUT2D eigenvalue weighted by atomic mass is 32.2. The molecule has 0 fully saturated rings. The molecular weight excluding hydrogens is 344 g/mol. The number of benzene rings is 1. The maximum Gasteiger partial charge on any atom is 0.208 e. The van der Waals surface area contributed by atoms with E-state index in [4.69, 9.17) is 0 Å². The highest BCUT2D eigenvalue weighted by molar-refractivity contribution is 7.88. The third kappa shape index (κ3) is 4.44. The predicted molar refractivity (Wildman–Crippen MR) is 95.1 cm³/mol. The van der Waals surface area contributed by atoms with Crippen LogP contribution in [0, 0.1) is 0 Å². The van der Waals surface area contributed by atoms with Crippen molar-refractivity contribution in [3.63, 3.8) is 0 Å². The molecule has 0 spiro atoms. The Morgan fingerprint density at radius 1 is 1.12 bits per heavy atom. The molecule has 2 heterocycles. The number of nitrogens with one attached hydrogen (secondary N) is 1. The van der Waals surface area contributed by atoms with Crippen LogP contribution in [0.3, 0.4) is 0 Å². The van der Waals surface area contributed by atoms with Crippen molar-refractivity contribution in [2.75, 3.05) is 12.8 Å². The second kappa shape index (κ2) is 7.16. The summed E-state index contributed by atoms with van der Waals surface area (Å²) in [6.45, 7) is 0.395. The van der Waals surface area contributed by atoms with Gasteiger partial charge in [0.2, 0.25) is 10.0 Å². The highest BCUT2D eigenvalue weighted by Gasteiger charge is 2.08.